The van der Waals surface area contributed by atoms with Crippen molar-refractivity contribution >= 4 is 39.9 Å². The molecule has 1 aromatic heterocycles. The Balaban J connectivity index is 1.50. The third kappa shape index (κ3) is 6.36. The lowest BCUT2D eigenvalue weighted by Gasteiger charge is -2.24. The quantitative estimate of drug-likeness (QED) is 0.453. The van der Waals surface area contributed by atoms with Crippen LogP contribution in [0.5, 0.6) is 0 Å². The SMILES string of the molecule is O=C(Nc1snnc1C(=O)N[C@@H](CN1CCCC1)c1ccc(Cl)cc1)c1cccc(C(F)(F)F)c1. The number of alkyl halides is 3. The van der Waals surface area contributed by atoms with Crippen LogP contribution in [0.15, 0.2) is 48.5 Å². The molecule has 2 amide bonds. The van der Waals surface area contributed by atoms with E-state index in [4.69, 9.17) is 11.6 Å². The van der Waals surface area contributed by atoms with Crippen LogP contribution in [0.4, 0.5) is 18.2 Å². The number of carbonyl (C=O) groups excluding carboxylic acids is 2. The van der Waals surface area contributed by atoms with Crippen molar-refractivity contribution < 1.29 is 22.8 Å². The minimum Gasteiger partial charge on any atom is -0.342 e. The Hall–Kier alpha value is -3.02. The highest BCUT2D eigenvalue weighted by atomic mass is 35.5. The number of benzene rings is 2. The minimum absolute atomic E-state index is 0.0425. The molecular formula is C23H21ClF3N5O2S. The molecule has 1 aliphatic rings. The van der Waals surface area contributed by atoms with Crippen LogP contribution in [0.1, 0.15) is 50.9 Å². The first-order valence-corrected chi connectivity index (χ1v) is 12.0. The van der Waals surface area contributed by atoms with Crippen LogP contribution in [0.3, 0.4) is 0 Å². The summed E-state index contributed by atoms with van der Waals surface area (Å²) in [6, 6.07) is 10.8. The highest BCUT2D eigenvalue weighted by molar-refractivity contribution is 7.10. The Kier molecular flexibility index (Phi) is 7.68. The predicted molar refractivity (Wildman–Crippen MR) is 127 cm³/mol. The van der Waals surface area contributed by atoms with E-state index in [1.165, 1.54) is 6.07 Å². The zero-order chi connectivity index (χ0) is 25.0. The Morgan fingerprint density at radius 1 is 1.09 bits per heavy atom. The molecule has 35 heavy (non-hydrogen) atoms. The van der Waals surface area contributed by atoms with Crippen LogP contribution in [0, 0.1) is 0 Å². The van der Waals surface area contributed by atoms with Gasteiger partial charge in [-0.25, -0.2) is 0 Å². The van der Waals surface area contributed by atoms with Gasteiger partial charge in [0.25, 0.3) is 11.8 Å². The molecular weight excluding hydrogens is 503 g/mol. The fourth-order valence-corrected chi connectivity index (χ4v) is 4.50. The molecule has 184 valence electrons. The predicted octanol–water partition coefficient (Wildman–Crippen LogP) is 5.03. The second-order valence-electron chi connectivity index (χ2n) is 8.07. The van der Waals surface area contributed by atoms with Crippen LogP contribution < -0.4 is 10.6 Å². The largest absolute Gasteiger partial charge is 0.416 e. The summed E-state index contributed by atoms with van der Waals surface area (Å²) in [5.41, 5.74) is -0.408. The van der Waals surface area contributed by atoms with Crippen LogP contribution in [-0.4, -0.2) is 45.9 Å². The molecule has 12 heteroatoms. The van der Waals surface area contributed by atoms with Gasteiger partial charge in [-0.05, 0) is 61.8 Å². The molecule has 2 N–H and O–H groups in total. The van der Waals surface area contributed by atoms with Gasteiger partial charge in [0, 0.05) is 28.7 Å². The fraction of sp³-hybridized carbons (Fsp3) is 0.304. The number of amides is 2. The maximum atomic E-state index is 13.1. The Morgan fingerprint density at radius 2 is 1.80 bits per heavy atom. The lowest BCUT2D eigenvalue weighted by Crippen LogP contribution is -2.37. The molecule has 7 nitrogen and oxygen atoms in total. The molecule has 1 saturated heterocycles. The fourth-order valence-electron chi connectivity index (χ4n) is 3.81. The number of hydrogen-bond donors (Lipinski definition) is 2. The summed E-state index contributed by atoms with van der Waals surface area (Å²) < 4.78 is 42.7. The topological polar surface area (TPSA) is 87.2 Å². The molecule has 1 fully saturated rings. The Bertz CT molecular complexity index is 1200. The molecule has 0 unspecified atom stereocenters. The molecule has 0 radical (unpaired) electrons. The van der Waals surface area contributed by atoms with Gasteiger partial charge in [0.15, 0.2) is 5.69 Å². The van der Waals surface area contributed by atoms with Gasteiger partial charge in [-0.15, -0.1) is 5.10 Å². The van der Waals surface area contributed by atoms with E-state index in [0.29, 0.717) is 11.6 Å². The maximum absolute atomic E-state index is 13.1. The number of carbonyl (C=O) groups is 2. The van der Waals surface area contributed by atoms with Crippen LogP contribution in [0.25, 0.3) is 0 Å². The Labute approximate surface area is 208 Å². The summed E-state index contributed by atoms with van der Waals surface area (Å²) in [6.07, 6.45) is -2.41. The zero-order valence-corrected chi connectivity index (χ0v) is 19.9. The van der Waals surface area contributed by atoms with Crippen molar-refractivity contribution in [2.24, 2.45) is 0 Å². The van der Waals surface area contributed by atoms with Gasteiger partial charge < -0.3 is 15.5 Å². The monoisotopic (exact) mass is 523 g/mol. The van der Waals surface area contributed by atoms with Gasteiger partial charge in [0.05, 0.1) is 11.6 Å². The average molecular weight is 524 g/mol. The maximum Gasteiger partial charge on any atom is 0.416 e. The van der Waals surface area contributed by atoms with E-state index in [2.05, 4.69) is 25.1 Å². The standard InChI is InChI=1S/C23H21ClF3N5O2S/c24-17-8-6-14(7-9-17)18(13-32-10-1-2-11-32)28-21(34)19-22(35-31-30-19)29-20(33)15-4-3-5-16(12-15)23(25,26)27/h3-9,12,18H,1-2,10-11,13H2,(H,28,34)(H,29,33)/t18-/m0/s1. The highest BCUT2D eigenvalue weighted by Gasteiger charge is 2.31. The van der Waals surface area contributed by atoms with Gasteiger partial charge in [0.2, 0.25) is 0 Å². The summed E-state index contributed by atoms with van der Waals surface area (Å²) in [4.78, 5) is 27.9. The highest BCUT2D eigenvalue weighted by Crippen LogP contribution is 2.30. The average Bonchev–Trinajstić information content (AvgIpc) is 3.51. The lowest BCUT2D eigenvalue weighted by molar-refractivity contribution is -0.137. The molecule has 2 aromatic carbocycles. The van der Waals surface area contributed by atoms with E-state index in [0.717, 1.165) is 61.2 Å². The van der Waals surface area contributed by atoms with E-state index in [-0.39, 0.29) is 22.3 Å². The van der Waals surface area contributed by atoms with E-state index in [9.17, 15) is 22.8 Å². The molecule has 1 atom stereocenters. The molecule has 3 aromatic rings. The van der Waals surface area contributed by atoms with Gasteiger partial charge >= 0.3 is 6.18 Å². The second kappa shape index (κ2) is 10.7. The van der Waals surface area contributed by atoms with E-state index in [1.54, 1.807) is 12.1 Å². The Morgan fingerprint density at radius 3 is 2.49 bits per heavy atom. The number of hydrogen-bond acceptors (Lipinski definition) is 6. The molecule has 0 aliphatic carbocycles. The van der Waals surface area contributed by atoms with Crippen LogP contribution in [0.2, 0.25) is 5.02 Å². The summed E-state index contributed by atoms with van der Waals surface area (Å²) in [6.45, 7) is 2.43. The number of nitrogens with zero attached hydrogens (tertiary/aromatic N) is 3. The van der Waals surface area contributed by atoms with Crippen LogP contribution >= 0.6 is 23.1 Å². The summed E-state index contributed by atoms with van der Waals surface area (Å²) in [5, 5.41) is 9.86. The summed E-state index contributed by atoms with van der Waals surface area (Å²) >= 11 is 6.78. The number of rotatable bonds is 7. The van der Waals surface area contributed by atoms with E-state index < -0.39 is 23.6 Å². The van der Waals surface area contributed by atoms with E-state index in [1.807, 2.05) is 12.1 Å². The van der Waals surface area contributed by atoms with Crippen molar-refractivity contribution in [1.82, 2.24) is 19.8 Å². The van der Waals surface area contributed by atoms with Gasteiger partial charge in [-0.3, -0.25) is 9.59 Å². The van der Waals surface area contributed by atoms with Crippen molar-refractivity contribution in [1.29, 1.82) is 0 Å². The minimum atomic E-state index is -4.58. The van der Waals surface area contributed by atoms with Gasteiger partial charge in [0.1, 0.15) is 5.00 Å². The lowest BCUT2D eigenvalue weighted by atomic mass is 10.1. The summed E-state index contributed by atoms with van der Waals surface area (Å²) in [5.74, 6) is -1.36. The molecule has 0 saturated carbocycles. The number of nitrogens with one attached hydrogen (secondary N) is 2. The third-order valence-electron chi connectivity index (χ3n) is 5.60. The molecule has 1 aliphatic heterocycles. The van der Waals surface area contributed by atoms with Gasteiger partial charge in [-0.1, -0.05) is 34.3 Å². The van der Waals surface area contributed by atoms with Crippen molar-refractivity contribution in [3.8, 4) is 0 Å². The van der Waals surface area contributed by atoms with Crippen molar-refractivity contribution in [2.45, 2.75) is 25.1 Å². The smallest absolute Gasteiger partial charge is 0.342 e. The number of halogens is 4. The number of anilines is 1. The van der Waals surface area contributed by atoms with Crippen molar-refractivity contribution in [2.75, 3.05) is 25.0 Å². The second-order valence-corrected chi connectivity index (χ2v) is 9.26. The van der Waals surface area contributed by atoms with E-state index >= 15 is 0 Å². The molecule has 4 rings (SSSR count). The normalized spacial score (nSPS) is 15.1. The number of aromatic nitrogens is 2. The first-order valence-electron chi connectivity index (χ1n) is 10.8. The first kappa shape index (κ1) is 25.1. The molecule has 2 heterocycles. The first-order chi connectivity index (χ1) is 16.7. The summed E-state index contributed by atoms with van der Waals surface area (Å²) in [7, 11) is 0. The van der Waals surface area contributed by atoms with Crippen LogP contribution in [-0.2, 0) is 6.18 Å². The zero-order valence-electron chi connectivity index (χ0n) is 18.3. The molecule has 0 bridgehead atoms. The third-order valence-corrected chi connectivity index (χ3v) is 6.49. The number of likely N-dealkylation sites (tertiary alicyclic amines) is 1. The van der Waals surface area contributed by atoms with Gasteiger partial charge in [-0.2, -0.15) is 13.2 Å². The van der Waals surface area contributed by atoms with Crippen molar-refractivity contribution in [3.63, 3.8) is 0 Å². The van der Waals surface area contributed by atoms with Crippen molar-refractivity contribution in [3.05, 3.63) is 75.9 Å². The molecule has 0 spiro atoms.